The second kappa shape index (κ2) is 9.08. The lowest BCUT2D eigenvalue weighted by Crippen LogP contribution is -2.55. The van der Waals surface area contributed by atoms with E-state index in [1.807, 2.05) is 43.1 Å². The summed E-state index contributed by atoms with van der Waals surface area (Å²) in [5.41, 5.74) is 0.964. The number of hydrogen-bond acceptors (Lipinski definition) is 4. The summed E-state index contributed by atoms with van der Waals surface area (Å²) in [4.78, 5) is 31.0. The minimum Gasteiger partial charge on any atom is -0.494 e. The van der Waals surface area contributed by atoms with Crippen molar-refractivity contribution in [1.29, 1.82) is 0 Å². The van der Waals surface area contributed by atoms with E-state index in [4.69, 9.17) is 4.74 Å². The number of carbonyl (C=O) groups excluding carboxylic acids is 2. The summed E-state index contributed by atoms with van der Waals surface area (Å²) in [5, 5.41) is 2.97. The van der Waals surface area contributed by atoms with Gasteiger partial charge in [0.2, 0.25) is 5.91 Å². The molecule has 0 aromatic heterocycles. The predicted molar refractivity (Wildman–Crippen MR) is 104 cm³/mol. The van der Waals surface area contributed by atoms with Crippen molar-refractivity contribution < 1.29 is 14.3 Å². The van der Waals surface area contributed by atoms with Crippen LogP contribution in [0.2, 0.25) is 0 Å². The summed E-state index contributed by atoms with van der Waals surface area (Å²) in [6.07, 6.45) is 2.02. The van der Waals surface area contributed by atoms with Crippen molar-refractivity contribution in [2.24, 2.45) is 0 Å². The predicted octanol–water partition coefficient (Wildman–Crippen LogP) is 1.53. The molecular weight excluding hydrogens is 344 g/mol. The molecule has 1 unspecified atom stereocenters. The average Bonchev–Trinajstić information content (AvgIpc) is 3.13. The molecule has 2 aliphatic heterocycles. The normalized spacial score (nSPS) is 20.6. The molecule has 1 aromatic carbocycles. The van der Waals surface area contributed by atoms with E-state index in [0.29, 0.717) is 39.3 Å². The van der Waals surface area contributed by atoms with Crippen molar-refractivity contribution in [3.63, 3.8) is 0 Å². The van der Waals surface area contributed by atoms with Gasteiger partial charge in [-0.25, -0.2) is 4.79 Å². The maximum atomic E-state index is 12.6. The molecular formula is C20H30N4O3. The number of piperazine rings is 1. The minimum absolute atomic E-state index is 0.0143. The highest BCUT2D eigenvalue weighted by Crippen LogP contribution is 2.19. The van der Waals surface area contributed by atoms with Gasteiger partial charge in [0, 0.05) is 38.3 Å². The zero-order valence-electron chi connectivity index (χ0n) is 16.3. The fourth-order valence-corrected chi connectivity index (χ4v) is 3.79. The molecule has 0 saturated carbocycles. The van der Waals surface area contributed by atoms with E-state index in [2.05, 4.69) is 10.2 Å². The maximum absolute atomic E-state index is 12.6. The van der Waals surface area contributed by atoms with E-state index in [9.17, 15) is 9.59 Å². The molecule has 2 fully saturated rings. The zero-order valence-corrected chi connectivity index (χ0v) is 16.3. The quantitative estimate of drug-likeness (QED) is 0.849. The topological polar surface area (TPSA) is 65.1 Å². The van der Waals surface area contributed by atoms with Crippen LogP contribution in [0.1, 0.15) is 25.3 Å². The molecule has 148 valence electrons. The van der Waals surface area contributed by atoms with Gasteiger partial charge in [-0.3, -0.25) is 9.69 Å². The van der Waals surface area contributed by atoms with Crippen LogP contribution < -0.4 is 10.1 Å². The molecule has 2 heterocycles. The summed E-state index contributed by atoms with van der Waals surface area (Å²) in [6.45, 7) is 6.31. The summed E-state index contributed by atoms with van der Waals surface area (Å²) >= 11 is 0. The Kier molecular flexibility index (Phi) is 6.55. The molecule has 3 amide bonds. The van der Waals surface area contributed by atoms with Gasteiger partial charge in [-0.1, -0.05) is 18.2 Å². The van der Waals surface area contributed by atoms with Crippen molar-refractivity contribution >= 4 is 11.9 Å². The molecule has 27 heavy (non-hydrogen) atoms. The van der Waals surface area contributed by atoms with Gasteiger partial charge in [-0.2, -0.15) is 0 Å². The fraction of sp³-hybridized carbons (Fsp3) is 0.600. The number of benzene rings is 1. The van der Waals surface area contributed by atoms with Gasteiger partial charge in [0.25, 0.3) is 0 Å². The lowest BCUT2D eigenvalue weighted by atomic mass is 10.1. The van der Waals surface area contributed by atoms with Crippen LogP contribution in [0.25, 0.3) is 0 Å². The van der Waals surface area contributed by atoms with Gasteiger partial charge in [0.1, 0.15) is 5.75 Å². The van der Waals surface area contributed by atoms with Crippen LogP contribution in [0.3, 0.4) is 0 Å². The van der Waals surface area contributed by atoms with Crippen LogP contribution >= 0.6 is 0 Å². The molecule has 0 spiro atoms. The second-order valence-corrected chi connectivity index (χ2v) is 7.15. The van der Waals surface area contributed by atoms with Crippen LogP contribution in [0, 0.1) is 0 Å². The van der Waals surface area contributed by atoms with Gasteiger partial charge in [-0.15, -0.1) is 0 Å². The first-order valence-electron chi connectivity index (χ1n) is 9.82. The monoisotopic (exact) mass is 374 g/mol. The number of para-hydroxylation sites is 1. The van der Waals surface area contributed by atoms with E-state index < -0.39 is 0 Å². The lowest BCUT2D eigenvalue weighted by Gasteiger charge is -2.36. The van der Waals surface area contributed by atoms with E-state index >= 15 is 0 Å². The molecule has 1 aromatic rings. The van der Waals surface area contributed by atoms with Gasteiger partial charge in [0.15, 0.2) is 0 Å². The second-order valence-electron chi connectivity index (χ2n) is 7.15. The summed E-state index contributed by atoms with van der Waals surface area (Å²) in [6, 6.07) is 7.66. The molecule has 2 aliphatic rings. The smallest absolute Gasteiger partial charge is 0.317 e. The molecule has 1 N–H and O–H groups in total. The largest absolute Gasteiger partial charge is 0.494 e. The highest BCUT2D eigenvalue weighted by Gasteiger charge is 2.33. The van der Waals surface area contributed by atoms with Crippen molar-refractivity contribution in [2.75, 3.05) is 46.4 Å². The highest BCUT2D eigenvalue weighted by atomic mass is 16.5. The third-order valence-corrected chi connectivity index (χ3v) is 5.39. The van der Waals surface area contributed by atoms with E-state index in [0.717, 1.165) is 30.7 Å². The van der Waals surface area contributed by atoms with Gasteiger partial charge < -0.3 is 19.9 Å². The Hall–Kier alpha value is -2.28. The fourth-order valence-electron chi connectivity index (χ4n) is 3.79. The Morgan fingerprint density at radius 3 is 2.48 bits per heavy atom. The Balaban J connectivity index is 1.47. The van der Waals surface area contributed by atoms with Crippen LogP contribution in [0.15, 0.2) is 24.3 Å². The van der Waals surface area contributed by atoms with Crippen molar-refractivity contribution in [3.8, 4) is 5.75 Å². The highest BCUT2D eigenvalue weighted by molar-refractivity contribution is 5.82. The number of amides is 3. The van der Waals surface area contributed by atoms with Gasteiger partial charge in [-0.05, 0) is 39.4 Å². The summed E-state index contributed by atoms with van der Waals surface area (Å²) in [7, 11) is 2.01. The molecule has 7 heteroatoms. The number of likely N-dealkylation sites (N-methyl/N-ethyl adjacent to an activating group) is 1. The third kappa shape index (κ3) is 4.71. The number of rotatable bonds is 5. The number of urea groups is 1. The molecule has 1 atom stereocenters. The summed E-state index contributed by atoms with van der Waals surface area (Å²) < 4.78 is 5.60. The third-order valence-electron chi connectivity index (χ3n) is 5.39. The average molecular weight is 374 g/mol. The maximum Gasteiger partial charge on any atom is 0.317 e. The summed E-state index contributed by atoms with van der Waals surface area (Å²) in [5.74, 6) is 1.01. The van der Waals surface area contributed by atoms with Crippen LogP contribution in [0.4, 0.5) is 4.79 Å². The number of nitrogens with zero attached hydrogens (tertiary/aromatic N) is 3. The Morgan fingerprint density at radius 2 is 1.81 bits per heavy atom. The van der Waals surface area contributed by atoms with Crippen molar-refractivity contribution in [3.05, 3.63) is 29.8 Å². The molecule has 7 nitrogen and oxygen atoms in total. The first-order valence-corrected chi connectivity index (χ1v) is 9.82. The van der Waals surface area contributed by atoms with Crippen LogP contribution in [0.5, 0.6) is 5.75 Å². The van der Waals surface area contributed by atoms with E-state index in [1.165, 1.54) is 0 Å². The van der Waals surface area contributed by atoms with Crippen molar-refractivity contribution in [1.82, 2.24) is 20.0 Å². The standard InChI is InChI=1S/C20H30N4O3/c1-3-27-18-9-5-4-7-16(18)15-21-20(26)24-13-11-23(12-14-24)19(25)17-8-6-10-22(17)2/h4-5,7,9,17H,3,6,8,10-15H2,1-2H3,(H,21,26). The Labute approximate surface area is 161 Å². The molecule has 0 bridgehead atoms. The number of ether oxygens (including phenoxy) is 1. The van der Waals surface area contributed by atoms with Gasteiger partial charge >= 0.3 is 6.03 Å². The minimum atomic E-state index is -0.0913. The molecule has 2 saturated heterocycles. The van der Waals surface area contributed by atoms with E-state index in [1.54, 1.807) is 4.90 Å². The van der Waals surface area contributed by atoms with Crippen LogP contribution in [-0.2, 0) is 11.3 Å². The van der Waals surface area contributed by atoms with E-state index in [-0.39, 0.29) is 18.0 Å². The van der Waals surface area contributed by atoms with Crippen molar-refractivity contribution in [2.45, 2.75) is 32.4 Å². The number of likely N-dealkylation sites (tertiary alicyclic amines) is 1. The zero-order chi connectivity index (χ0) is 19.2. The Morgan fingerprint density at radius 1 is 1.11 bits per heavy atom. The SMILES string of the molecule is CCOc1ccccc1CNC(=O)N1CCN(C(=O)C2CCCN2C)CC1. The molecule has 0 radical (unpaired) electrons. The Bertz CT molecular complexity index is 658. The number of carbonyl (C=O) groups is 2. The first kappa shape index (κ1) is 19.5. The lowest BCUT2D eigenvalue weighted by molar-refractivity contribution is -0.137. The number of hydrogen-bond donors (Lipinski definition) is 1. The number of nitrogens with one attached hydrogen (secondary N) is 1. The molecule has 3 rings (SSSR count). The first-order chi connectivity index (χ1) is 13.1. The molecule has 0 aliphatic carbocycles. The van der Waals surface area contributed by atoms with Gasteiger partial charge in [0.05, 0.1) is 12.6 Å². The van der Waals surface area contributed by atoms with Crippen LogP contribution in [-0.4, -0.2) is 79.1 Å².